The summed E-state index contributed by atoms with van der Waals surface area (Å²) in [5.74, 6) is 0.864. The van der Waals surface area contributed by atoms with Crippen LogP contribution in [-0.4, -0.2) is 16.7 Å². The van der Waals surface area contributed by atoms with Gasteiger partial charge in [-0.2, -0.15) is 0 Å². The van der Waals surface area contributed by atoms with Crippen LogP contribution in [0.4, 0.5) is 5.69 Å². The first-order chi connectivity index (χ1) is 14.7. The first kappa shape index (κ1) is 19.3. The highest BCUT2D eigenvalue weighted by Crippen LogP contribution is 2.29. The summed E-state index contributed by atoms with van der Waals surface area (Å²) in [6.45, 7) is 0. The molecule has 0 atom stereocenters. The fraction of sp³-hybridized carbons (Fsp3) is 0.0800. The van der Waals surface area contributed by atoms with Gasteiger partial charge in [0.2, 0.25) is 5.91 Å². The monoisotopic (exact) mass is 396 g/mol. The zero-order valence-corrected chi connectivity index (χ0v) is 16.2. The molecule has 5 nitrogen and oxygen atoms in total. The Kier molecular flexibility index (Phi) is 5.80. The minimum absolute atomic E-state index is 0.0712. The molecule has 5 heteroatoms. The van der Waals surface area contributed by atoms with E-state index < -0.39 is 0 Å². The second-order valence-corrected chi connectivity index (χ2v) is 6.79. The van der Waals surface area contributed by atoms with Gasteiger partial charge in [0.05, 0.1) is 5.69 Å². The number of carbonyl (C=O) groups is 2. The van der Waals surface area contributed by atoms with Crippen LogP contribution in [0.2, 0.25) is 0 Å². The molecule has 0 radical (unpaired) electrons. The van der Waals surface area contributed by atoms with Gasteiger partial charge in [-0.25, -0.2) is 0 Å². The minimum atomic E-state index is -0.249. The molecule has 0 unspecified atom stereocenters. The van der Waals surface area contributed by atoms with Crippen LogP contribution in [0.1, 0.15) is 23.2 Å². The lowest BCUT2D eigenvalue weighted by atomic mass is 10.0. The molecule has 148 valence electrons. The van der Waals surface area contributed by atoms with Gasteiger partial charge in [0, 0.05) is 36.2 Å². The first-order valence-corrected chi connectivity index (χ1v) is 9.68. The number of anilines is 1. The number of rotatable bonds is 7. The lowest BCUT2D eigenvalue weighted by Crippen LogP contribution is -2.14. The molecule has 3 aromatic carbocycles. The van der Waals surface area contributed by atoms with E-state index in [1.165, 1.54) is 0 Å². The maximum atomic E-state index is 12.7. The molecule has 30 heavy (non-hydrogen) atoms. The molecule has 1 heterocycles. The summed E-state index contributed by atoms with van der Waals surface area (Å²) in [5.41, 5.74) is 1.10. The second-order valence-electron chi connectivity index (χ2n) is 6.79. The number of Topliss-reactive ketones (excluding diaryl/α,β-unsaturated/α-hetero) is 1. The lowest BCUT2D eigenvalue weighted by molar-refractivity contribution is -0.116. The molecular formula is C25H20N2O3. The van der Waals surface area contributed by atoms with Crippen molar-refractivity contribution in [3.8, 4) is 11.5 Å². The van der Waals surface area contributed by atoms with Crippen LogP contribution in [0.15, 0.2) is 91.3 Å². The van der Waals surface area contributed by atoms with Gasteiger partial charge in [0.1, 0.15) is 5.75 Å². The number of ketones is 1. The number of hydrogen-bond donors (Lipinski definition) is 1. The Morgan fingerprint density at radius 2 is 1.53 bits per heavy atom. The molecule has 0 fully saturated rings. The van der Waals surface area contributed by atoms with Crippen molar-refractivity contribution >= 4 is 28.2 Å². The second kappa shape index (κ2) is 9.01. The van der Waals surface area contributed by atoms with Crippen molar-refractivity contribution in [2.24, 2.45) is 0 Å². The molecule has 1 N–H and O–H groups in total. The van der Waals surface area contributed by atoms with E-state index in [0.717, 1.165) is 10.8 Å². The number of nitrogens with zero attached hydrogens (tertiary/aromatic N) is 1. The standard InChI is InChI=1S/C25H20N2O3/c28-23(21-17-26-16-18-8-4-5-11-20(18)21)14-15-25(29)27-22-12-6-7-13-24(22)30-19-9-2-1-3-10-19/h1-13,16-17H,14-15H2,(H,27,29). The van der Waals surface area contributed by atoms with E-state index in [4.69, 9.17) is 4.74 Å². The Bertz CT molecular complexity index is 1180. The first-order valence-electron chi connectivity index (χ1n) is 9.68. The number of hydrogen-bond acceptors (Lipinski definition) is 4. The Morgan fingerprint density at radius 1 is 0.800 bits per heavy atom. The predicted molar refractivity (Wildman–Crippen MR) is 117 cm³/mol. The van der Waals surface area contributed by atoms with E-state index >= 15 is 0 Å². The van der Waals surface area contributed by atoms with Crippen molar-refractivity contribution in [3.63, 3.8) is 0 Å². The van der Waals surface area contributed by atoms with Crippen LogP contribution in [0.25, 0.3) is 10.8 Å². The summed E-state index contributed by atoms with van der Waals surface area (Å²) < 4.78 is 5.86. The molecule has 4 rings (SSSR count). The van der Waals surface area contributed by atoms with Crippen molar-refractivity contribution in [2.45, 2.75) is 12.8 Å². The number of para-hydroxylation sites is 3. The van der Waals surface area contributed by atoms with Gasteiger partial charge in [-0.05, 0) is 29.7 Å². The van der Waals surface area contributed by atoms with E-state index in [1.54, 1.807) is 24.5 Å². The van der Waals surface area contributed by atoms with Crippen molar-refractivity contribution in [3.05, 3.63) is 96.8 Å². The normalized spacial score (nSPS) is 10.5. The van der Waals surface area contributed by atoms with Gasteiger partial charge < -0.3 is 10.1 Å². The van der Waals surface area contributed by atoms with Gasteiger partial charge in [-0.3, -0.25) is 14.6 Å². The molecule has 0 spiro atoms. The lowest BCUT2D eigenvalue weighted by Gasteiger charge is -2.12. The molecule has 1 amide bonds. The summed E-state index contributed by atoms with van der Waals surface area (Å²) >= 11 is 0. The summed E-state index contributed by atoms with van der Waals surface area (Å²) in [4.78, 5) is 29.3. The Balaban J connectivity index is 1.41. The molecule has 0 aliphatic heterocycles. The van der Waals surface area contributed by atoms with E-state index in [9.17, 15) is 9.59 Å². The largest absolute Gasteiger partial charge is 0.455 e. The van der Waals surface area contributed by atoms with E-state index in [2.05, 4.69) is 10.3 Å². The van der Waals surface area contributed by atoms with Crippen LogP contribution in [0.3, 0.4) is 0 Å². The minimum Gasteiger partial charge on any atom is -0.455 e. The highest BCUT2D eigenvalue weighted by Gasteiger charge is 2.14. The summed E-state index contributed by atoms with van der Waals surface area (Å²) in [6.07, 6.45) is 3.46. The molecule has 0 aliphatic rings. The molecule has 4 aromatic rings. The van der Waals surface area contributed by atoms with E-state index in [-0.39, 0.29) is 24.5 Å². The number of ether oxygens (including phenoxy) is 1. The summed E-state index contributed by atoms with van der Waals surface area (Å²) in [5, 5.41) is 4.59. The summed E-state index contributed by atoms with van der Waals surface area (Å²) in [7, 11) is 0. The third kappa shape index (κ3) is 4.52. The molecule has 0 aliphatic carbocycles. The Morgan fingerprint density at radius 3 is 2.40 bits per heavy atom. The van der Waals surface area contributed by atoms with Crippen LogP contribution in [0.5, 0.6) is 11.5 Å². The average molecular weight is 396 g/mol. The van der Waals surface area contributed by atoms with Gasteiger partial charge in [0.25, 0.3) is 0 Å². The summed E-state index contributed by atoms with van der Waals surface area (Å²) in [6, 6.07) is 24.2. The van der Waals surface area contributed by atoms with Crippen LogP contribution >= 0.6 is 0 Å². The van der Waals surface area contributed by atoms with Crippen LogP contribution < -0.4 is 10.1 Å². The van der Waals surface area contributed by atoms with Crippen LogP contribution in [0, 0.1) is 0 Å². The number of benzene rings is 3. The number of pyridine rings is 1. The third-order valence-corrected chi connectivity index (χ3v) is 4.68. The highest BCUT2D eigenvalue weighted by atomic mass is 16.5. The molecule has 0 bridgehead atoms. The number of amides is 1. The van der Waals surface area contributed by atoms with Gasteiger partial charge in [0.15, 0.2) is 11.5 Å². The van der Waals surface area contributed by atoms with E-state index in [1.807, 2.05) is 66.7 Å². The number of fused-ring (bicyclic) bond motifs is 1. The van der Waals surface area contributed by atoms with Crippen molar-refractivity contribution in [1.29, 1.82) is 0 Å². The average Bonchev–Trinajstić information content (AvgIpc) is 2.79. The van der Waals surface area contributed by atoms with E-state index in [0.29, 0.717) is 22.7 Å². The van der Waals surface area contributed by atoms with Crippen molar-refractivity contribution in [2.75, 3.05) is 5.32 Å². The Hall–Kier alpha value is -3.99. The predicted octanol–water partition coefficient (Wildman–Crippen LogP) is 5.63. The molecule has 0 saturated heterocycles. The maximum absolute atomic E-state index is 12.7. The van der Waals surface area contributed by atoms with Gasteiger partial charge in [-0.1, -0.05) is 54.6 Å². The number of carbonyl (C=O) groups excluding carboxylic acids is 2. The van der Waals surface area contributed by atoms with Crippen molar-refractivity contribution < 1.29 is 14.3 Å². The zero-order valence-electron chi connectivity index (χ0n) is 16.2. The smallest absolute Gasteiger partial charge is 0.224 e. The zero-order chi connectivity index (χ0) is 20.8. The fourth-order valence-electron chi connectivity index (χ4n) is 3.19. The molecule has 1 aromatic heterocycles. The Labute approximate surface area is 174 Å². The number of nitrogens with one attached hydrogen (secondary N) is 1. The van der Waals surface area contributed by atoms with Gasteiger partial charge >= 0.3 is 0 Å². The van der Waals surface area contributed by atoms with Gasteiger partial charge in [-0.15, -0.1) is 0 Å². The topological polar surface area (TPSA) is 68.3 Å². The van der Waals surface area contributed by atoms with Crippen LogP contribution in [-0.2, 0) is 4.79 Å². The third-order valence-electron chi connectivity index (χ3n) is 4.68. The number of aromatic nitrogens is 1. The SMILES string of the molecule is O=C(CCC(=O)c1cncc2ccccc12)Nc1ccccc1Oc1ccccc1. The quantitative estimate of drug-likeness (QED) is 0.411. The fourth-order valence-corrected chi connectivity index (χ4v) is 3.19. The molecule has 0 saturated carbocycles. The molecular weight excluding hydrogens is 376 g/mol. The van der Waals surface area contributed by atoms with Crippen molar-refractivity contribution in [1.82, 2.24) is 4.98 Å². The maximum Gasteiger partial charge on any atom is 0.224 e. The highest BCUT2D eigenvalue weighted by molar-refractivity contribution is 6.08.